The van der Waals surface area contributed by atoms with E-state index in [1.54, 1.807) is 0 Å². The molecule has 0 saturated heterocycles. The van der Waals surface area contributed by atoms with Gasteiger partial charge in [0.2, 0.25) is 0 Å². The predicted molar refractivity (Wildman–Crippen MR) is 28.6 cm³/mol. The highest BCUT2D eigenvalue weighted by Gasteiger charge is 2.38. The van der Waals surface area contributed by atoms with Gasteiger partial charge < -0.3 is 0 Å². The highest BCUT2D eigenvalue weighted by Crippen LogP contribution is 2.24. The van der Waals surface area contributed by atoms with E-state index in [2.05, 4.69) is 0 Å². The summed E-state index contributed by atoms with van der Waals surface area (Å²) in [5.41, 5.74) is 0. The summed E-state index contributed by atoms with van der Waals surface area (Å²) in [6.07, 6.45) is -4.70. The molecule has 0 spiro atoms. The van der Waals surface area contributed by atoms with Crippen LogP contribution in [-0.2, 0) is 4.79 Å². The molecule has 0 amide bonds. The minimum Gasteiger partial charge on any atom is -0.277 e. The zero-order chi connectivity index (χ0) is 7.49. The van der Waals surface area contributed by atoms with Gasteiger partial charge in [-0.15, -0.1) is 0 Å². The van der Waals surface area contributed by atoms with Crippen molar-refractivity contribution in [3.63, 3.8) is 0 Å². The first-order valence-electron chi connectivity index (χ1n) is 2.04. The third-order valence-electron chi connectivity index (χ3n) is 0.456. The smallest absolute Gasteiger partial charge is 0.277 e. The number of alkyl halides is 3. The van der Waals surface area contributed by atoms with Crippen molar-refractivity contribution in [3.8, 4) is 0 Å². The predicted octanol–water partition coefficient (Wildman–Crippen LogP) is 1.99. The normalized spacial score (nSPS) is 11.6. The summed E-state index contributed by atoms with van der Waals surface area (Å²) in [7, 11) is 0. The largest absolute Gasteiger partial charge is 0.460 e. The van der Waals surface area contributed by atoms with Crippen LogP contribution >= 0.6 is 11.8 Å². The number of carbonyl (C=O) groups is 1. The lowest BCUT2D eigenvalue weighted by molar-refractivity contribution is -0.160. The molecule has 0 unspecified atom stereocenters. The average Bonchev–Trinajstić information content (AvgIpc) is 1.64. The molecule has 0 aliphatic carbocycles. The first-order valence-corrected chi connectivity index (χ1v) is 2.92. The van der Waals surface area contributed by atoms with Crippen LogP contribution in [0.1, 0.15) is 6.92 Å². The summed E-state index contributed by atoms with van der Waals surface area (Å²) >= 11 is 0.149. The molecule has 0 aliphatic heterocycles. The Labute approximate surface area is 54.6 Å². The maximum absolute atomic E-state index is 11.2. The number of carbonyl (C=O) groups excluding carboxylic acids is 1. The standard InChI is InChI=1S/C4H4F3OS/c1-2-9-3(8)4(5,6)7/h2H,1H3. The van der Waals surface area contributed by atoms with Crippen molar-refractivity contribution < 1.29 is 18.0 Å². The van der Waals surface area contributed by atoms with Gasteiger partial charge in [-0.2, -0.15) is 13.2 Å². The highest BCUT2D eigenvalue weighted by molar-refractivity contribution is 8.15. The summed E-state index contributed by atoms with van der Waals surface area (Å²) in [5, 5.41) is -1.77. The summed E-state index contributed by atoms with van der Waals surface area (Å²) in [6, 6.07) is 0. The Morgan fingerprint density at radius 2 is 2.00 bits per heavy atom. The maximum Gasteiger partial charge on any atom is 0.460 e. The zero-order valence-electron chi connectivity index (χ0n) is 4.53. The van der Waals surface area contributed by atoms with Crippen LogP contribution in [0.2, 0.25) is 0 Å². The molecule has 0 aromatic rings. The summed E-state index contributed by atoms with van der Waals surface area (Å²) in [6.45, 7) is 1.37. The van der Waals surface area contributed by atoms with E-state index >= 15 is 0 Å². The molecule has 0 fully saturated rings. The van der Waals surface area contributed by atoms with Crippen molar-refractivity contribution in [2.75, 3.05) is 0 Å². The van der Waals surface area contributed by atoms with Gasteiger partial charge in [0, 0.05) is 5.75 Å². The minimum absolute atomic E-state index is 0.149. The number of halogens is 3. The van der Waals surface area contributed by atoms with Crippen LogP contribution in [0, 0.1) is 5.75 Å². The first-order chi connectivity index (χ1) is 3.98. The number of hydrogen-bond donors (Lipinski definition) is 0. The second-order valence-electron chi connectivity index (χ2n) is 1.14. The lowest BCUT2D eigenvalue weighted by Gasteiger charge is -2.00. The quantitative estimate of drug-likeness (QED) is 0.579. The van der Waals surface area contributed by atoms with E-state index in [0.29, 0.717) is 0 Å². The van der Waals surface area contributed by atoms with Crippen molar-refractivity contribution in [1.29, 1.82) is 0 Å². The first kappa shape index (κ1) is 8.81. The van der Waals surface area contributed by atoms with E-state index in [-0.39, 0.29) is 11.8 Å². The number of rotatable bonds is 1. The van der Waals surface area contributed by atoms with Crippen LogP contribution in [-0.4, -0.2) is 11.3 Å². The average molecular weight is 157 g/mol. The van der Waals surface area contributed by atoms with E-state index in [4.69, 9.17) is 0 Å². The van der Waals surface area contributed by atoms with Crippen molar-refractivity contribution in [3.05, 3.63) is 5.75 Å². The van der Waals surface area contributed by atoms with Gasteiger partial charge in [-0.05, 0) is 0 Å². The molecule has 1 nitrogen and oxygen atoms in total. The highest BCUT2D eigenvalue weighted by atomic mass is 32.2. The maximum atomic E-state index is 11.2. The molecule has 53 valence electrons. The molecule has 1 radical (unpaired) electrons. The zero-order valence-corrected chi connectivity index (χ0v) is 5.34. The van der Waals surface area contributed by atoms with E-state index in [1.165, 1.54) is 6.92 Å². The van der Waals surface area contributed by atoms with Crippen LogP contribution in [0.15, 0.2) is 0 Å². The Bertz CT molecular complexity index is 109. The Balaban J connectivity index is 3.74. The third-order valence-corrected chi connectivity index (χ3v) is 1.14. The van der Waals surface area contributed by atoms with E-state index in [9.17, 15) is 18.0 Å². The lowest BCUT2D eigenvalue weighted by atomic mass is 10.8. The molecule has 0 aromatic heterocycles. The molecule has 9 heavy (non-hydrogen) atoms. The second kappa shape index (κ2) is 3.10. The van der Waals surface area contributed by atoms with Crippen LogP contribution in [0.3, 0.4) is 0 Å². The molecule has 0 saturated carbocycles. The molecule has 0 aliphatic rings. The van der Waals surface area contributed by atoms with Gasteiger partial charge in [-0.3, -0.25) is 4.79 Å². The van der Waals surface area contributed by atoms with Gasteiger partial charge in [-0.1, -0.05) is 18.7 Å². The van der Waals surface area contributed by atoms with Crippen LogP contribution < -0.4 is 0 Å². The summed E-state index contributed by atoms with van der Waals surface area (Å²) in [5.74, 6) is 1.09. The van der Waals surface area contributed by atoms with E-state index in [0.717, 1.165) is 5.75 Å². The summed E-state index contributed by atoms with van der Waals surface area (Å²) in [4.78, 5) is 9.87. The Morgan fingerprint density at radius 3 is 2.11 bits per heavy atom. The second-order valence-corrected chi connectivity index (χ2v) is 2.22. The van der Waals surface area contributed by atoms with Crippen molar-refractivity contribution >= 4 is 16.9 Å². The topological polar surface area (TPSA) is 17.1 Å². The molecule has 0 rings (SSSR count). The summed E-state index contributed by atoms with van der Waals surface area (Å²) < 4.78 is 33.7. The van der Waals surface area contributed by atoms with Gasteiger partial charge >= 0.3 is 6.18 Å². The van der Waals surface area contributed by atoms with E-state index in [1.807, 2.05) is 0 Å². The van der Waals surface area contributed by atoms with E-state index < -0.39 is 11.3 Å². The van der Waals surface area contributed by atoms with Gasteiger partial charge in [0.05, 0.1) is 0 Å². The molecule has 5 heteroatoms. The fourth-order valence-corrected chi connectivity index (χ4v) is 0.522. The fraction of sp³-hybridized carbons (Fsp3) is 0.500. The Hall–Kier alpha value is -0.190. The van der Waals surface area contributed by atoms with Crippen molar-refractivity contribution in [2.24, 2.45) is 0 Å². The molecule has 0 atom stereocenters. The molecular formula is C4H4F3OS. The third kappa shape index (κ3) is 3.40. The molecule has 0 bridgehead atoms. The molecular weight excluding hydrogens is 153 g/mol. The van der Waals surface area contributed by atoms with Gasteiger partial charge in [-0.25, -0.2) is 0 Å². The Kier molecular flexibility index (Phi) is 3.03. The molecule has 0 aromatic carbocycles. The van der Waals surface area contributed by atoms with Gasteiger partial charge in [0.15, 0.2) is 0 Å². The Morgan fingerprint density at radius 1 is 1.56 bits per heavy atom. The minimum atomic E-state index is -4.70. The number of thioether (sulfide) groups is 1. The van der Waals surface area contributed by atoms with Gasteiger partial charge in [0.1, 0.15) is 0 Å². The van der Waals surface area contributed by atoms with Crippen LogP contribution in [0.25, 0.3) is 0 Å². The van der Waals surface area contributed by atoms with Crippen LogP contribution in [0.5, 0.6) is 0 Å². The fourth-order valence-electron chi connectivity index (χ4n) is 0.174. The van der Waals surface area contributed by atoms with Crippen LogP contribution in [0.4, 0.5) is 13.2 Å². The molecule has 0 N–H and O–H groups in total. The van der Waals surface area contributed by atoms with Gasteiger partial charge in [0.25, 0.3) is 5.12 Å². The van der Waals surface area contributed by atoms with Crippen molar-refractivity contribution in [1.82, 2.24) is 0 Å². The SMILES string of the molecule is C[CH]SC(=O)C(F)(F)F. The van der Waals surface area contributed by atoms with Crippen molar-refractivity contribution in [2.45, 2.75) is 13.1 Å². The molecule has 0 heterocycles. The lowest BCUT2D eigenvalue weighted by Crippen LogP contribution is -2.18. The number of hydrogen-bond acceptors (Lipinski definition) is 2. The monoisotopic (exact) mass is 157 g/mol.